The number of aryl methyl sites for hydroxylation is 1. The van der Waals surface area contributed by atoms with Gasteiger partial charge >= 0.3 is 0 Å². The molecule has 0 aliphatic carbocycles. The van der Waals surface area contributed by atoms with Gasteiger partial charge in [0.2, 0.25) is 0 Å². The van der Waals surface area contributed by atoms with Crippen LogP contribution in [0, 0.1) is 6.92 Å². The van der Waals surface area contributed by atoms with Gasteiger partial charge in [-0.1, -0.05) is 6.07 Å². The van der Waals surface area contributed by atoms with Gasteiger partial charge in [-0.3, -0.25) is 0 Å². The molecular weight excluding hydrogens is 250 g/mol. The molecular formula is C15H19N5. The first-order valence-electron chi connectivity index (χ1n) is 6.87. The highest BCUT2D eigenvalue weighted by molar-refractivity contribution is 5.54. The molecule has 0 atom stereocenters. The summed E-state index contributed by atoms with van der Waals surface area (Å²) in [7, 11) is 0. The van der Waals surface area contributed by atoms with Crippen molar-refractivity contribution in [1.29, 1.82) is 0 Å². The molecule has 1 aliphatic rings. The van der Waals surface area contributed by atoms with E-state index in [1.165, 1.54) is 0 Å². The van der Waals surface area contributed by atoms with E-state index in [-0.39, 0.29) is 0 Å². The normalized spacial score (nSPS) is 15.4. The molecule has 0 saturated carbocycles. The second kappa shape index (κ2) is 5.36. The Labute approximate surface area is 119 Å². The van der Waals surface area contributed by atoms with Crippen molar-refractivity contribution in [3.8, 4) is 0 Å². The van der Waals surface area contributed by atoms with E-state index in [1.54, 1.807) is 0 Å². The van der Waals surface area contributed by atoms with Crippen LogP contribution in [0.15, 0.2) is 36.7 Å². The molecule has 3 heterocycles. The minimum absolute atomic E-state index is 0.612. The Bertz CT molecular complexity index is 576. The fourth-order valence-electron chi connectivity index (χ4n) is 2.48. The van der Waals surface area contributed by atoms with Gasteiger partial charge in [-0.2, -0.15) is 0 Å². The van der Waals surface area contributed by atoms with Crippen LogP contribution >= 0.6 is 0 Å². The third-order valence-electron chi connectivity index (χ3n) is 3.72. The predicted molar refractivity (Wildman–Crippen MR) is 82.0 cm³/mol. The summed E-state index contributed by atoms with van der Waals surface area (Å²) in [6.07, 6.45) is 3.70. The third-order valence-corrected chi connectivity index (χ3v) is 3.72. The van der Waals surface area contributed by atoms with E-state index in [2.05, 4.69) is 31.9 Å². The smallest absolute Gasteiger partial charge is 0.128 e. The van der Waals surface area contributed by atoms with Crippen LogP contribution in [0.1, 0.15) is 5.56 Å². The molecule has 5 nitrogen and oxygen atoms in total. The number of rotatable bonds is 2. The number of pyridine rings is 2. The van der Waals surface area contributed by atoms with E-state index in [1.807, 2.05) is 31.5 Å². The van der Waals surface area contributed by atoms with Crippen molar-refractivity contribution in [3.63, 3.8) is 0 Å². The van der Waals surface area contributed by atoms with Crippen molar-refractivity contribution >= 4 is 17.3 Å². The average molecular weight is 269 g/mol. The van der Waals surface area contributed by atoms with Crippen molar-refractivity contribution < 1.29 is 0 Å². The molecule has 1 fully saturated rings. The number of aromatic nitrogens is 2. The molecule has 104 valence electrons. The van der Waals surface area contributed by atoms with Crippen LogP contribution in [0.4, 0.5) is 17.3 Å². The number of nitrogens with zero attached hydrogens (tertiary/aromatic N) is 4. The Balaban J connectivity index is 1.68. The van der Waals surface area contributed by atoms with Gasteiger partial charge in [0.05, 0.1) is 11.9 Å². The van der Waals surface area contributed by atoms with Crippen LogP contribution in [-0.4, -0.2) is 36.1 Å². The second-order valence-electron chi connectivity index (χ2n) is 5.06. The summed E-state index contributed by atoms with van der Waals surface area (Å²) in [5.41, 5.74) is 7.96. The molecule has 0 bridgehead atoms. The lowest BCUT2D eigenvalue weighted by molar-refractivity contribution is 0.646. The minimum atomic E-state index is 0.612. The third kappa shape index (κ3) is 2.52. The standard InChI is InChI=1S/C15H19N5/c1-12-10-13(11-18-15(12)16)19-6-8-20(9-7-19)14-4-2-3-5-17-14/h2-5,10-11H,6-9H2,1H3,(H2,16,18). The van der Waals surface area contributed by atoms with Gasteiger partial charge in [-0.25, -0.2) is 9.97 Å². The highest BCUT2D eigenvalue weighted by atomic mass is 15.3. The fourth-order valence-corrected chi connectivity index (χ4v) is 2.48. The SMILES string of the molecule is Cc1cc(N2CCN(c3ccccn3)CC2)cnc1N. The van der Waals surface area contributed by atoms with Gasteiger partial charge in [0.1, 0.15) is 11.6 Å². The molecule has 0 amide bonds. The quantitative estimate of drug-likeness (QED) is 0.899. The van der Waals surface area contributed by atoms with Crippen LogP contribution in [0.3, 0.4) is 0 Å². The monoisotopic (exact) mass is 269 g/mol. The van der Waals surface area contributed by atoms with E-state index in [0.29, 0.717) is 5.82 Å². The van der Waals surface area contributed by atoms with Crippen LogP contribution < -0.4 is 15.5 Å². The minimum Gasteiger partial charge on any atom is -0.383 e. The van der Waals surface area contributed by atoms with Crippen molar-refractivity contribution in [2.75, 3.05) is 41.7 Å². The first-order chi connectivity index (χ1) is 9.74. The first kappa shape index (κ1) is 12.7. The van der Waals surface area contributed by atoms with E-state index < -0.39 is 0 Å². The second-order valence-corrected chi connectivity index (χ2v) is 5.06. The van der Waals surface area contributed by atoms with Crippen molar-refractivity contribution in [2.45, 2.75) is 6.92 Å². The molecule has 2 aromatic heterocycles. The molecule has 1 saturated heterocycles. The van der Waals surface area contributed by atoms with Crippen LogP contribution in [0.5, 0.6) is 0 Å². The number of piperazine rings is 1. The van der Waals surface area contributed by atoms with Crippen LogP contribution in [-0.2, 0) is 0 Å². The maximum Gasteiger partial charge on any atom is 0.128 e. The summed E-state index contributed by atoms with van der Waals surface area (Å²) in [6.45, 7) is 5.89. The molecule has 2 N–H and O–H groups in total. The lowest BCUT2D eigenvalue weighted by Gasteiger charge is -2.36. The molecule has 20 heavy (non-hydrogen) atoms. The highest BCUT2D eigenvalue weighted by Crippen LogP contribution is 2.21. The maximum absolute atomic E-state index is 5.77. The molecule has 3 rings (SSSR count). The van der Waals surface area contributed by atoms with Gasteiger partial charge in [0, 0.05) is 32.4 Å². The first-order valence-corrected chi connectivity index (χ1v) is 6.87. The Morgan fingerprint density at radius 2 is 1.80 bits per heavy atom. The van der Waals surface area contributed by atoms with Gasteiger partial charge in [0.25, 0.3) is 0 Å². The van der Waals surface area contributed by atoms with Crippen molar-refractivity contribution in [2.24, 2.45) is 0 Å². The van der Waals surface area contributed by atoms with Crippen LogP contribution in [0.25, 0.3) is 0 Å². The average Bonchev–Trinajstić information content (AvgIpc) is 2.51. The van der Waals surface area contributed by atoms with Gasteiger partial charge in [0.15, 0.2) is 0 Å². The summed E-state index contributed by atoms with van der Waals surface area (Å²) in [6, 6.07) is 8.15. The molecule has 2 aromatic rings. The highest BCUT2D eigenvalue weighted by Gasteiger charge is 2.18. The summed E-state index contributed by atoms with van der Waals surface area (Å²) in [5.74, 6) is 1.67. The molecule has 0 spiro atoms. The topological polar surface area (TPSA) is 58.3 Å². The van der Waals surface area contributed by atoms with Gasteiger partial charge in [-0.05, 0) is 30.7 Å². The lowest BCUT2D eigenvalue weighted by Crippen LogP contribution is -2.46. The number of nitrogen functional groups attached to an aromatic ring is 1. The van der Waals surface area contributed by atoms with Crippen molar-refractivity contribution in [3.05, 3.63) is 42.2 Å². The van der Waals surface area contributed by atoms with E-state index in [9.17, 15) is 0 Å². The lowest BCUT2D eigenvalue weighted by atomic mass is 10.2. The zero-order valence-electron chi connectivity index (χ0n) is 11.7. The zero-order valence-corrected chi connectivity index (χ0v) is 11.7. The number of nitrogens with two attached hydrogens (primary N) is 1. The zero-order chi connectivity index (χ0) is 13.9. The Morgan fingerprint density at radius 1 is 1.05 bits per heavy atom. The number of anilines is 3. The number of hydrogen-bond acceptors (Lipinski definition) is 5. The fraction of sp³-hybridized carbons (Fsp3) is 0.333. The molecule has 1 aliphatic heterocycles. The van der Waals surface area contributed by atoms with Crippen molar-refractivity contribution in [1.82, 2.24) is 9.97 Å². The molecule has 0 radical (unpaired) electrons. The number of hydrogen-bond donors (Lipinski definition) is 1. The summed E-state index contributed by atoms with van der Waals surface area (Å²) >= 11 is 0. The van der Waals surface area contributed by atoms with Gasteiger partial charge in [-0.15, -0.1) is 0 Å². The largest absolute Gasteiger partial charge is 0.383 e. The van der Waals surface area contributed by atoms with E-state index in [0.717, 1.165) is 43.2 Å². The Morgan fingerprint density at radius 3 is 2.45 bits per heavy atom. The molecule has 5 heteroatoms. The summed E-state index contributed by atoms with van der Waals surface area (Å²) in [4.78, 5) is 13.3. The predicted octanol–water partition coefficient (Wildman–Crippen LogP) is 1.69. The Hall–Kier alpha value is -2.30. The van der Waals surface area contributed by atoms with Gasteiger partial charge < -0.3 is 15.5 Å². The summed E-state index contributed by atoms with van der Waals surface area (Å²) in [5, 5.41) is 0. The molecule has 0 unspecified atom stereocenters. The Kier molecular flexibility index (Phi) is 3.41. The molecule has 0 aromatic carbocycles. The maximum atomic E-state index is 5.77. The van der Waals surface area contributed by atoms with E-state index in [4.69, 9.17) is 5.73 Å². The van der Waals surface area contributed by atoms with Crippen LogP contribution in [0.2, 0.25) is 0 Å². The summed E-state index contributed by atoms with van der Waals surface area (Å²) < 4.78 is 0. The van der Waals surface area contributed by atoms with E-state index >= 15 is 0 Å².